The van der Waals surface area contributed by atoms with Crippen LogP contribution in [0, 0.1) is 0 Å². The Balaban J connectivity index is 2.39. The van der Waals surface area contributed by atoms with Gasteiger partial charge in [0.05, 0.1) is 0 Å². The number of hydrogen-bond donors (Lipinski definition) is 0. The van der Waals surface area contributed by atoms with Gasteiger partial charge in [0, 0.05) is 18.6 Å². The van der Waals surface area contributed by atoms with E-state index in [0.29, 0.717) is 6.61 Å². The molecule has 1 aromatic rings. The molecule has 0 bridgehead atoms. The fourth-order valence-electron chi connectivity index (χ4n) is 1.72. The minimum atomic E-state index is 0.0651. The van der Waals surface area contributed by atoms with Crippen molar-refractivity contribution in [1.82, 2.24) is 14.8 Å². The lowest BCUT2D eigenvalue weighted by molar-refractivity contribution is 0.122. The van der Waals surface area contributed by atoms with E-state index in [-0.39, 0.29) is 5.41 Å². The monoisotopic (exact) mass is 195 g/mol. The highest BCUT2D eigenvalue weighted by molar-refractivity contribution is 5.06. The first-order chi connectivity index (χ1) is 6.59. The maximum atomic E-state index is 5.42. The number of fused-ring (bicyclic) bond motifs is 1. The second-order valence-corrected chi connectivity index (χ2v) is 4.75. The van der Waals surface area contributed by atoms with Crippen molar-refractivity contribution >= 4 is 0 Å². The second-order valence-electron chi connectivity index (χ2n) is 4.75. The van der Waals surface area contributed by atoms with Gasteiger partial charge in [0.25, 0.3) is 0 Å². The van der Waals surface area contributed by atoms with Crippen molar-refractivity contribution in [2.24, 2.45) is 0 Å². The summed E-state index contributed by atoms with van der Waals surface area (Å²) in [5.74, 6) is 2.03. The van der Waals surface area contributed by atoms with E-state index in [1.165, 1.54) is 0 Å². The smallest absolute Gasteiger partial charge is 0.159 e. The number of nitrogens with zero attached hydrogens (tertiary/aromatic N) is 3. The number of hydrogen-bond acceptors (Lipinski definition) is 3. The summed E-state index contributed by atoms with van der Waals surface area (Å²) in [4.78, 5) is 0. The van der Waals surface area contributed by atoms with Gasteiger partial charge in [0.1, 0.15) is 12.4 Å². The first-order valence-corrected chi connectivity index (χ1v) is 5.09. The maximum Gasteiger partial charge on any atom is 0.159 e. The van der Waals surface area contributed by atoms with E-state index in [4.69, 9.17) is 4.74 Å². The summed E-state index contributed by atoms with van der Waals surface area (Å²) in [5.41, 5.74) is 0.0651. The lowest BCUT2D eigenvalue weighted by atomic mass is 9.95. The van der Waals surface area contributed by atoms with Crippen LogP contribution in [0.15, 0.2) is 0 Å². The highest BCUT2D eigenvalue weighted by Gasteiger charge is 2.24. The first-order valence-electron chi connectivity index (χ1n) is 5.09. The van der Waals surface area contributed by atoms with Gasteiger partial charge in [0.15, 0.2) is 5.82 Å². The molecule has 2 rings (SSSR count). The number of ether oxygens (including phenoxy) is 1. The summed E-state index contributed by atoms with van der Waals surface area (Å²) < 4.78 is 7.62. The number of rotatable bonds is 0. The third-order valence-electron chi connectivity index (χ3n) is 2.40. The molecule has 1 aromatic heterocycles. The lowest BCUT2D eigenvalue weighted by Crippen LogP contribution is -2.19. The van der Waals surface area contributed by atoms with Crippen molar-refractivity contribution in [1.29, 1.82) is 0 Å². The Morgan fingerprint density at radius 3 is 2.79 bits per heavy atom. The molecular weight excluding hydrogens is 178 g/mol. The zero-order valence-electron chi connectivity index (χ0n) is 9.08. The molecule has 0 aliphatic carbocycles. The van der Waals surface area contributed by atoms with E-state index in [1.54, 1.807) is 0 Å². The van der Waals surface area contributed by atoms with Gasteiger partial charge in [-0.3, -0.25) is 0 Å². The quantitative estimate of drug-likeness (QED) is 0.629. The van der Waals surface area contributed by atoms with E-state index >= 15 is 0 Å². The topological polar surface area (TPSA) is 39.9 Å². The first kappa shape index (κ1) is 9.65. The second kappa shape index (κ2) is 3.35. The van der Waals surface area contributed by atoms with E-state index in [9.17, 15) is 0 Å². The molecule has 2 heterocycles. The van der Waals surface area contributed by atoms with Gasteiger partial charge >= 0.3 is 0 Å². The molecule has 4 nitrogen and oxygen atoms in total. The molecule has 0 unspecified atom stereocenters. The highest BCUT2D eigenvalue weighted by atomic mass is 16.5. The predicted molar refractivity (Wildman–Crippen MR) is 53.0 cm³/mol. The molecule has 4 heteroatoms. The molecule has 0 spiro atoms. The molecule has 0 N–H and O–H groups in total. The van der Waals surface area contributed by atoms with Crippen LogP contribution in [0.1, 0.15) is 38.8 Å². The Hall–Kier alpha value is -0.900. The van der Waals surface area contributed by atoms with Crippen molar-refractivity contribution in [2.45, 2.75) is 45.8 Å². The van der Waals surface area contributed by atoms with Crippen LogP contribution < -0.4 is 0 Å². The Morgan fingerprint density at radius 1 is 1.29 bits per heavy atom. The molecule has 1 aliphatic heterocycles. The average Bonchev–Trinajstić information content (AvgIpc) is 2.36. The molecule has 14 heavy (non-hydrogen) atoms. The Kier molecular flexibility index (Phi) is 2.31. The van der Waals surface area contributed by atoms with Gasteiger partial charge in [0.2, 0.25) is 0 Å². The third kappa shape index (κ3) is 1.66. The standard InChI is InChI=1S/C10H17N3O/c1-10(2,3)9-12-11-8-7-14-6-4-5-13(8)9/h4-7H2,1-3H3. The van der Waals surface area contributed by atoms with E-state index in [1.807, 2.05) is 0 Å². The molecule has 1 aliphatic rings. The van der Waals surface area contributed by atoms with Crippen LogP contribution in [-0.4, -0.2) is 21.4 Å². The zero-order chi connectivity index (χ0) is 10.2. The van der Waals surface area contributed by atoms with Gasteiger partial charge in [-0.05, 0) is 6.42 Å². The zero-order valence-corrected chi connectivity index (χ0v) is 9.08. The number of aromatic nitrogens is 3. The Morgan fingerprint density at radius 2 is 2.07 bits per heavy atom. The summed E-state index contributed by atoms with van der Waals surface area (Å²) in [6.07, 6.45) is 1.05. The van der Waals surface area contributed by atoms with Crippen LogP contribution >= 0.6 is 0 Å². The van der Waals surface area contributed by atoms with Crippen LogP contribution in [0.3, 0.4) is 0 Å². The van der Waals surface area contributed by atoms with Gasteiger partial charge in [-0.2, -0.15) is 0 Å². The Bertz CT molecular complexity index is 325. The minimum absolute atomic E-state index is 0.0651. The molecule has 0 aromatic carbocycles. The van der Waals surface area contributed by atoms with Gasteiger partial charge in [-0.15, -0.1) is 10.2 Å². The summed E-state index contributed by atoms with van der Waals surface area (Å²) >= 11 is 0. The summed E-state index contributed by atoms with van der Waals surface area (Å²) in [5, 5.41) is 8.41. The summed E-state index contributed by atoms with van der Waals surface area (Å²) in [6.45, 7) is 8.90. The van der Waals surface area contributed by atoms with Crippen molar-refractivity contribution in [3.63, 3.8) is 0 Å². The molecule has 0 saturated carbocycles. The van der Waals surface area contributed by atoms with Gasteiger partial charge in [-0.25, -0.2) is 0 Å². The van der Waals surface area contributed by atoms with Crippen LogP contribution in [-0.2, 0) is 23.3 Å². The van der Waals surface area contributed by atoms with E-state index in [2.05, 4.69) is 35.5 Å². The van der Waals surface area contributed by atoms with Crippen LogP contribution in [0.2, 0.25) is 0 Å². The highest BCUT2D eigenvalue weighted by Crippen LogP contribution is 2.22. The fraction of sp³-hybridized carbons (Fsp3) is 0.800. The summed E-state index contributed by atoms with van der Waals surface area (Å²) in [6, 6.07) is 0. The molecule has 0 atom stereocenters. The molecule has 0 saturated heterocycles. The molecule has 0 amide bonds. The predicted octanol–water partition coefficient (Wildman–Crippen LogP) is 1.50. The van der Waals surface area contributed by atoms with E-state index in [0.717, 1.165) is 31.2 Å². The maximum absolute atomic E-state index is 5.42. The molecule has 0 fully saturated rings. The van der Waals surface area contributed by atoms with E-state index < -0.39 is 0 Å². The SMILES string of the molecule is CC(C)(C)c1nnc2n1CCCOC2. The fourth-order valence-corrected chi connectivity index (χ4v) is 1.72. The van der Waals surface area contributed by atoms with Crippen molar-refractivity contribution in [2.75, 3.05) is 6.61 Å². The van der Waals surface area contributed by atoms with Crippen molar-refractivity contribution < 1.29 is 4.74 Å². The molecule has 78 valence electrons. The van der Waals surface area contributed by atoms with Crippen molar-refractivity contribution in [3.05, 3.63) is 11.6 Å². The normalized spacial score (nSPS) is 17.6. The Labute approximate surface area is 84.3 Å². The summed E-state index contributed by atoms with van der Waals surface area (Å²) in [7, 11) is 0. The molecule has 0 radical (unpaired) electrons. The largest absolute Gasteiger partial charge is 0.373 e. The lowest BCUT2D eigenvalue weighted by Gasteiger charge is -2.18. The molecular formula is C10H17N3O. The van der Waals surface area contributed by atoms with Crippen LogP contribution in [0.5, 0.6) is 0 Å². The van der Waals surface area contributed by atoms with Crippen LogP contribution in [0.4, 0.5) is 0 Å². The van der Waals surface area contributed by atoms with Crippen molar-refractivity contribution in [3.8, 4) is 0 Å². The third-order valence-corrected chi connectivity index (χ3v) is 2.40. The van der Waals surface area contributed by atoms with Gasteiger partial charge in [-0.1, -0.05) is 20.8 Å². The average molecular weight is 195 g/mol. The van der Waals surface area contributed by atoms with Crippen LogP contribution in [0.25, 0.3) is 0 Å². The minimum Gasteiger partial charge on any atom is -0.373 e. The van der Waals surface area contributed by atoms with Gasteiger partial charge < -0.3 is 9.30 Å².